The van der Waals surface area contributed by atoms with E-state index in [0.29, 0.717) is 12.3 Å². The number of nitrogens with zero attached hydrogens (tertiary/aromatic N) is 1. The highest BCUT2D eigenvalue weighted by atomic mass is 16.3. The molecule has 0 aromatic rings. The van der Waals surface area contributed by atoms with Crippen molar-refractivity contribution in [2.75, 3.05) is 26.2 Å². The molecule has 0 bridgehead atoms. The second-order valence-electron chi connectivity index (χ2n) is 5.04. The molecule has 15 heavy (non-hydrogen) atoms. The van der Waals surface area contributed by atoms with Gasteiger partial charge in [0.05, 0.1) is 0 Å². The molecule has 1 aliphatic rings. The minimum absolute atomic E-state index is 0.00249. The minimum Gasteiger partial charge on any atom is -0.389 e. The van der Waals surface area contributed by atoms with Crippen LogP contribution in [-0.4, -0.2) is 42.0 Å². The van der Waals surface area contributed by atoms with Gasteiger partial charge in [0, 0.05) is 13.0 Å². The molecule has 0 aliphatic carbocycles. The first kappa shape index (κ1) is 12.7. The lowest BCUT2D eigenvalue weighted by atomic mass is 9.91. The zero-order chi connectivity index (χ0) is 11.3. The van der Waals surface area contributed by atoms with Crippen molar-refractivity contribution >= 4 is 5.78 Å². The van der Waals surface area contributed by atoms with Crippen LogP contribution in [0.25, 0.3) is 0 Å². The molecule has 0 spiro atoms. The Hall–Kier alpha value is -0.410. The second kappa shape index (κ2) is 6.23. The minimum atomic E-state index is -0.286. The summed E-state index contributed by atoms with van der Waals surface area (Å²) in [5.41, 5.74) is 0. The van der Waals surface area contributed by atoms with Crippen LogP contribution in [0.4, 0.5) is 0 Å². The monoisotopic (exact) mass is 213 g/mol. The zero-order valence-electron chi connectivity index (χ0n) is 9.91. The van der Waals surface area contributed by atoms with Crippen LogP contribution >= 0.6 is 0 Å². The summed E-state index contributed by atoms with van der Waals surface area (Å²) in [5, 5.41) is 8.68. The maximum atomic E-state index is 11.1. The lowest BCUT2D eigenvalue weighted by molar-refractivity contribution is -0.123. The number of carbonyl (C=O) groups excluding carboxylic acids is 1. The molecule has 0 saturated carbocycles. The Bertz CT molecular complexity index is 196. The van der Waals surface area contributed by atoms with Crippen LogP contribution in [0.1, 0.15) is 33.1 Å². The number of rotatable bonds is 5. The molecule has 0 radical (unpaired) electrons. The third-order valence-corrected chi connectivity index (χ3v) is 3.02. The number of carbonyl (C=O) groups is 1. The van der Waals surface area contributed by atoms with E-state index in [-0.39, 0.29) is 12.4 Å². The summed E-state index contributed by atoms with van der Waals surface area (Å²) in [6.07, 6.45) is 2.79. The molecule has 1 saturated heterocycles. The van der Waals surface area contributed by atoms with Crippen molar-refractivity contribution in [1.29, 1.82) is 0 Å². The Kier molecular flexibility index (Phi) is 5.26. The summed E-state index contributed by atoms with van der Waals surface area (Å²) in [6, 6.07) is 0. The van der Waals surface area contributed by atoms with Gasteiger partial charge < -0.3 is 10.0 Å². The predicted molar refractivity (Wildman–Crippen MR) is 60.7 cm³/mol. The quantitative estimate of drug-likeness (QED) is 0.748. The van der Waals surface area contributed by atoms with E-state index in [2.05, 4.69) is 18.7 Å². The van der Waals surface area contributed by atoms with E-state index in [1.54, 1.807) is 0 Å². The summed E-state index contributed by atoms with van der Waals surface area (Å²) in [6.45, 7) is 7.58. The van der Waals surface area contributed by atoms with Gasteiger partial charge in [-0.2, -0.15) is 0 Å². The Balaban J connectivity index is 2.20. The highest BCUT2D eigenvalue weighted by Gasteiger charge is 2.21. The van der Waals surface area contributed by atoms with Gasteiger partial charge in [-0.1, -0.05) is 13.8 Å². The first-order valence-electron chi connectivity index (χ1n) is 5.96. The Morgan fingerprint density at radius 2 is 2.00 bits per heavy atom. The first-order chi connectivity index (χ1) is 7.11. The van der Waals surface area contributed by atoms with Crippen molar-refractivity contribution in [3.8, 4) is 0 Å². The molecular weight excluding hydrogens is 190 g/mol. The molecule has 1 heterocycles. The zero-order valence-corrected chi connectivity index (χ0v) is 9.91. The number of hydrogen-bond acceptors (Lipinski definition) is 3. The molecule has 3 heteroatoms. The molecule has 0 amide bonds. The normalized spacial score (nSPS) is 19.7. The smallest absolute Gasteiger partial charge is 0.158 e. The number of aliphatic hydroxyl groups is 1. The van der Waals surface area contributed by atoms with Crippen LogP contribution in [0.5, 0.6) is 0 Å². The Morgan fingerprint density at radius 1 is 1.40 bits per heavy atom. The van der Waals surface area contributed by atoms with Gasteiger partial charge in [-0.15, -0.1) is 0 Å². The van der Waals surface area contributed by atoms with Crippen molar-refractivity contribution in [1.82, 2.24) is 4.90 Å². The van der Waals surface area contributed by atoms with Crippen LogP contribution in [0, 0.1) is 11.8 Å². The van der Waals surface area contributed by atoms with Gasteiger partial charge in [0.1, 0.15) is 6.61 Å². The molecule has 0 aromatic carbocycles. The summed E-state index contributed by atoms with van der Waals surface area (Å²) in [4.78, 5) is 13.6. The Morgan fingerprint density at radius 3 is 2.47 bits per heavy atom. The van der Waals surface area contributed by atoms with Gasteiger partial charge in [0.2, 0.25) is 0 Å². The number of likely N-dealkylation sites (tertiary alicyclic amines) is 1. The van der Waals surface area contributed by atoms with Crippen molar-refractivity contribution in [2.45, 2.75) is 33.1 Å². The maximum Gasteiger partial charge on any atom is 0.158 e. The molecule has 1 rings (SSSR count). The van der Waals surface area contributed by atoms with Gasteiger partial charge in [0.15, 0.2) is 5.78 Å². The van der Waals surface area contributed by atoms with Crippen LogP contribution in [0.3, 0.4) is 0 Å². The van der Waals surface area contributed by atoms with Crippen LogP contribution in [0.2, 0.25) is 0 Å². The van der Waals surface area contributed by atoms with Crippen LogP contribution in [0.15, 0.2) is 0 Å². The van der Waals surface area contributed by atoms with Gasteiger partial charge in [-0.3, -0.25) is 4.79 Å². The van der Waals surface area contributed by atoms with Crippen molar-refractivity contribution in [2.24, 2.45) is 11.8 Å². The van der Waals surface area contributed by atoms with E-state index in [1.165, 1.54) is 6.54 Å². The molecular formula is C12H23NO2. The van der Waals surface area contributed by atoms with Gasteiger partial charge >= 0.3 is 0 Å². The number of Topliss-reactive ketones (excluding diaryl/α,β-unsaturated/α-hetero) is 1. The van der Waals surface area contributed by atoms with Gasteiger partial charge in [-0.05, 0) is 37.8 Å². The summed E-state index contributed by atoms with van der Waals surface area (Å²) >= 11 is 0. The lowest BCUT2D eigenvalue weighted by Crippen LogP contribution is -2.36. The highest BCUT2D eigenvalue weighted by molar-refractivity contribution is 5.79. The Labute approximate surface area is 92.5 Å². The van der Waals surface area contributed by atoms with Gasteiger partial charge in [0.25, 0.3) is 0 Å². The average Bonchev–Trinajstić information content (AvgIpc) is 2.20. The average molecular weight is 213 g/mol. The van der Waals surface area contributed by atoms with Crippen LogP contribution < -0.4 is 0 Å². The van der Waals surface area contributed by atoms with E-state index in [4.69, 9.17) is 5.11 Å². The molecule has 3 nitrogen and oxygen atoms in total. The summed E-state index contributed by atoms with van der Waals surface area (Å²) in [7, 11) is 0. The maximum absolute atomic E-state index is 11.1. The fourth-order valence-corrected chi connectivity index (χ4v) is 2.28. The predicted octanol–water partition coefficient (Wildman–Crippen LogP) is 1.31. The lowest BCUT2D eigenvalue weighted by Gasteiger charge is -2.32. The van der Waals surface area contributed by atoms with Crippen molar-refractivity contribution in [3.05, 3.63) is 0 Å². The molecule has 1 fully saturated rings. The number of piperidine rings is 1. The topological polar surface area (TPSA) is 40.5 Å². The number of ketones is 1. The molecule has 0 atom stereocenters. The standard InChI is InChI=1S/C12H23NO2/c1-10(2)8-13-5-3-11(4-6-13)7-12(15)9-14/h10-11,14H,3-9H2,1-2H3. The number of hydrogen-bond donors (Lipinski definition) is 1. The molecule has 88 valence electrons. The van der Waals surface area contributed by atoms with Crippen LogP contribution in [-0.2, 0) is 4.79 Å². The van der Waals surface area contributed by atoms with Crippen molar-refractivity contribution in [3.63, 3.8) is 0 Å². The largest absolute Gasteiger partial charge is 0.389 e. The fraction of sp³-hybridized carbons (Fsp3) is 0.917. The third-order valence-electron chi connectivity index (χ3n) is 3.02. The van der Waals surface area contributed by atoms with E-state index < -0.39 is 0 Å². The fourth-order valence-electron chi connectivity index (χ4n) is 2.28. The number of aliphatic hydroxyl groups excluding tert-OH is 1. The molecule has 0 unspecified atom stereocenters. The summed E-state index contributed by atoms with van der Waals surface area (Å²) < 4.78 is 0. The van der Waals surface area contributed by atoms with E-state index in [1.807, 2.05) is 0 Å². The molecule has 0 aromatic heterocycles. The third kappa shape index (κ3) is 4.76. The first-order valence-corrected chi connectivity index (χ1v) is 5.96. The van der Waals surface area contributed by atoms with Gasteiger partial charge in [-0.25, -0.2) is 0 Å². The highest BCUT2D eigenvalue weighted by Crippen LogP contribution is 2.21. The SMILES string of the molecule is CC(C)CN1CCC(CC(=O)CO)CC1. The van der Waals surface area contributed by atoms with E-state index >= 15 is 0 Å². The van der Waals surface area contributed by atoms with E-state index in [9.17, 15) is 4.79 Å². The van der Waals surface area contributed by atoms with Crippen molar-refractivity contribution < 1.29 is 9.90 Å². The molecule has 1 N–H and O–H groups in total. The van der Waals surface area contributed by atoms with E-state index in [0.717, 1.165) is 31.8 Å². The second-order valence-corrected chi connectivity index (χ2v) is 5.04. The molecule has 1 aliphatic heterocycles. The summed E-state index contributed by atoms with van der Waals surface area (Å²) in [5.74, 6) is 1.23.